The average molecular weight is 279 g/mol. The van der Waals surface area contributed by atoms with E-state index in [2.05, 4.69) is 24.0 Å². The fourth-order valence-electron chi connectivity index (χ4n) is 2.61. The van der Waals surface area contributed by atoms with E-state index in [-0.39, 0.29) is 17.2 Å². The molecule has 112 valence electrons. The van der Waals surface area contributed by atoms with E-state index in [0.29, 0.717) is 18.4 Å². The van der Waals surface area contributed by atoms with E-state index >= 15 is 0 Å². The maximum atomic E-state index is 11.9. The highest BCUT2D eigenvalue weighted by Gasteiger charge is 2.39. The Labute approximate surface area is 120 Å². The second-order valence-electron chi connectivity index (χ2n) is 6.71. The molecule has 1 aromatic rings. The normalized spacial score (nSPS) is 16.3. The first-order chi connectivity index (χ1) is 9.32. The predicted octanol–water partition coefficient (Wildman–Crippen LogP) is 2.76. The van der Waals surface area contributed by atoms with Gasteiger partial charge in [-0.05, 0) is 18.8 Å². The van der Waals surface area contributed by atoms with E-state index in [1.165, 1.54) is 19.3 Å². The van der Waals surface area contributed by atoms with E-state index < -0.39 is 0 Å². The van der Waals surface area contributed by atoms with E-state index in [9.17, 15) is 4.79 Å². The van der Waals surface area contributed by atoms with Crippen LogP contribution in [0.4, 0.5) is 0 Å². The number of rotatable bonds is 5. The molecule has 5 nitrogen and oxygen atoms in total. The van der Waals surface area contributed by atoms with Crippen molar-refractivity contribution in [3.8, 4) is 0 Å². The number of carbonyl (C=O) groups excluding carboxylic acids is 1. The minimum atomic E-state index is -0.0410. The molecule has 0 bridgehead atoms. The summed E-state index contributed by atoms with van der Waals surface area (Å²) in [5, 5.41) is 4.12. The predicted molar refractivity (Wildman–Crippen MR) is 76.0 cm³/mol. The number of nitrogens with zero attached hydrogens (tertiary/aromatic N) is 3. The standard InChI is InChI=1S/C15H25N3O2/c1-10(2)13(19)18(5)9-12-16-14(17-20-12)15(3,4)11-7-6-8-11/h10-11H,6-9H2,1-5H3. The molecule has 0 N–H and O–H groups in total. The highest BCUT2D eigenvalue weighted by molar-refractivity contribution is 5.77. The Morgan fingerprint density at radius 3 is 2.60 bits per heavy atom. The van der Waals surface area contributed by atoms with Crippen LogP contribution in [0, 0.1) is 11.8 Å². The van der Waals surface area contributed by atoms with Crippen molar-refractivity contribution in [1.82, 2.24) is 15.0 Å². The Hall–Kier alpha value is -1.39. The number of hydrogen-bond acceptors (Lipinski definition) is 4. The molecule has 0 saturated heterocycles. The first kappa shape index (κ1) is 15.0. The van der Waals surface area contributed by atoms with E-state index in [1.54, 1.807) is 11.9 Å². The molecule has 1 fully saturated rings. The Bertz CT molecular complexity index is 475. The van der Waals surface area contributed by atoms with E-state index in [0.717, 1.165) is 5.82 Å². The molecule has 0 atom stereocenters. The maximum Gasteiger partial charge on any atom is 0.246 e. The van der Waals surface area contributed by atoms with Gasteiger partial charge in [-0.1, -0.05) is 39.3 Å². The molecule has 0 aromatic carbocycles. The van der Waals surface area contributed by atoms with Gasteiger partial charge in [0.05, 0.1) is 6.54 Å². The minimum absolute atomic E-state index is 0.0196. The molecule has 1 saturated carbocycles. The van der Waals surface area contributed by atoms with Crippen LogP contribution in [0.5, 0.6) is 0 Å². The lowest BCUT2D eigenvalue weighted by Crippen LogP contribution is -2.34. The number of amides is 1. The zero-order valence-electron chi connectivity index (χ0n) is 13.1. The lowest BCUT2D eigenvalue weighted by atomic mass is 9.67. The van der Waals surface area contributed by atoms with Crippen molar-refractivity contribution in [1.29, 1.82) is 0 Å². The molecule has 5 heteroatoms. The third kappa shape index (κ3) is 2.86. The maximum absolute atomic E-state index is 11.9. The fraction of sp³-hybridized carbons (Fsp3) is 0.800. The second-order valence-corrected chi connectivity index (χ2v) is 6.71. The van der Waals surface area contributed by atoms with Crippen molar-refractivity contribution in [2.24, 2.45) is 11.8 Å². The molecule has 0 radical (unpaired) electrons. The highest BCUT2D eigenvalue weighted by atomic mass is 16.5. The van der Waals surface area contributed by atoms with Crippen LogP contribution in [-0.4, -0.2) is 28.0 Å². The van der Waals surface area contributed by atoms with Crippen LogP contribution in [0.3, 0.4) is 0 Å². The Morgan fingerprint density at radius 2 is 2.10 bits per heavy atom. The number of carbonyl (C=O) groups is 1. The Morgan fingerprint density at radius 1 is 1.45 bits per heavy atom. The second kappa shape index (κ2) is 5.54. The smallest absolute Gasteiger partial charge is 0.246 e. The van der Waals surface area contributed by atoms with Crippen LogP contribution in [-0.2, 0) is 16.8 Å². The highest BCUT2D eigenvalue weighted by Crippen LogP contribution is 2.42. The van der Waals surface area contributed by atoms with E-state index in [4.69, 9.17) is 4.52 Å². The van der Waals surface area contributed by atoms with Gasteiger partial charge in [0, 0.05) is 18.4 Å². The Kier molecular flexibility index (Phi) is 4.16. The summed E-state index contributed by atoms with van der Waals surface area (Å²) in [6.07, 6.45) is 3.77. The first-order valence-corrected chi connectivity index (χ1v) is 7.40. The van der Waals surface area contributed by atoms with Crippen LogP contribution in [0.15, 0.2) is 4.52 Å². The largest absolute Gasteiger partial charge is 0.337 e. The molecule has 0 aliphatic heterocycles. The van der Waals surface area contributed by atoms with Crippen LogP contribution in [0.1, 0.15) is 58.7 Å². The average Bonchev–Trinajstić information content (AvgIpc) is 2.73. The molecule has 20 heavy (non-hydrogen) atoms. The summed E-state index contributed by atoms with van der Waals surface area (Å²) in [5.41, 5.74) is -0.0410. The van der Waals surface area contributed by atoms with Crippen molar-refractivity contribution in [3.05, 3.63) is 11.7 Å². The third-order valence-corrected chi connectivity index (χ3v) is 4.41. The summed E-state index contributed by atoms with van der Waals surface area (Å²) < 4.78 is 5.32. The molecular weight excluding hydrogens is 254 g/mol. The molecule has 1 aliphatic rings. The molecule has 1 amide bonds. The van der Waals surface area contributed by atoms with Gasteiger partial charge < -0.3 is 9.42 Å². The van der Waals surface area contributed by atoms with Gasteiger partial charge in [0.1, 0.15) is 0 Å². The van der Waals surface area contributed by atoms with Crippen LogP contribution < -0.4 is 0 Å². The van der Waals surface area contributed by atoms with Crippen molar-refractivity contribution in [3.63, 3.8) is 0 Å². The first-order valence-electron chi connectivity index (χ1n) is 7.40. The van der Waals surface area contributed by atoms with Crippen LogP contribution in [0.25, 0.3) is 0 Å². The zero-order valence-corrected chi connectivity index (χ0v) is 13.1. The fourth-order valence-corrected chi connectivity index (χ4v) is 2.61. The van der Waals surface area contributed by atoms with Gasteiger partial charge in [-0.3, -0.25) is 4.79 Å². The van der Waals surface area contributed by atoms with Crippen LogP contribution >= 0.6 is 0 Å². The van der Waals surface area contributed by atoms with Gasteiger partial charge >= 0.3 is 0 Å². The number of aromatic nitrogens is 2. The van der Waals surface area contributed by atoms with Crippen molar-refractivity contribution >= 4 is 5.91 Å². The van der Waals surface area contributed by atoms with Crippen molar-refractivity contribution in [2.45, 2.75) is 58.9 Å². The summed E-state index contributed by atoms with van der Waals surface area (Å²) in [7, 11) is 1.77. The Balaban J connectivity index is 2.03. The summed E-state index contributed by atoms with van der Waals surface area (Å²) in [4.78, 5) is 18.0. The molecule has 0 spiro atoms. The van der Waals surface area contributed by atoms with Gasteiger partial charge in [-0.2, -0.15) is 4.98 Å². The molecule has 0 unspecified atom stereocenters. The molecule has 1 aromatic heterocycles. The lowest BCUT2D eigenvalue weighted by molar-refractivity contribution is -0.133. The van der Waals surface area contributed by atoms with Gasteiger partial charge in [-0.15, -0.1) is 0 Å². The zero-order chi connectivity index (χ0) is 14.9. The van der Waals surface area contributed by atoms with Gasteiger partial charge in [0.15, 0.2) is 5.82 Å². The summed E-state index contributed by atoms with van der Waals surface area (Å²) >= 11 is 0. The summed E-state index contributed by atoms with van der Waals surface area (Å²) in [5.74, 6) is 1.99. The molecule has 2 rings (SSSR count). The SMILES string of the molecule is CC(C)C(=O)N(C)Cc1nc(C(C)(C)C2CCC2)no1. The van der Waals surface area contributed by atoms with Crippen molar-refractivity contribution in [2.75, 3.05) is 7.05 Å². The minimum Gasteiger partial charge on any atom is -0.337 e. The van der Waals surface area contributed by atoms with Crippen LogP contribution in [0.2, 0.25) is 0 Å². The summed E-state index contributed by atoms with van der Waals surface area (Å²) in [6.45, 7) is 8.50. The van der Waals surface area contributed by atoms with E-state index in [1.807, 2.05) is 13.8 Å². The topological polar surface area (TPSA) is 59.2 Å². The third-order valence-electron chi connectivity index (χ3n) is 4.41. The van der Waals surface area contributed by atoms with Gasteiger partial charge in [0.25, 0.3) is 0 Å². The quantitative estimate of drug-likeness (QED) is 0.831. The summed E-state index contributed by atoms with van der Waals surface area (Å²) in [6, 6.07) is 0. The number of hydrogen-bond donors (Lipinski definition) is 0. The van der Waals surface area contributed by atoms with Gasteiger partial charge in [-0.25, -0.2) is 0 Å². The molecule has 1 aliphatic carbocycles. The molecular formula is C15H25N3O2. The van der Waals surface area contributed by atoms with Gasteiger partial charge in [0.2, 0.25) is 11.8 Å². The lowest BCUT2D eigenvalue weighted by Gasteiger charge is -2.37. The molecule has 1 heterocycles. The van der Waals surface area contributed by atoms with Crippen molar-refractivity contribution < 1.29 is 9.32 Å². The monoisotopic (exact) mass is 279 g/mol.